The van der Waals surface area contributed by atoms with Crippen LogP contribution < -0.4 is 14.7 Å². The molecule has 0 saturated heterocycles. The number of anilines is 3. The lowest BCUT2D eigenvalue weighted by molar-refractivity contribution is -0.0946. The highest BCUT2D eigenvalue weighted by atomic mass is 16.7. The Morgan fingerprint density at radius 1 is 0.300 bits per heavy atom. The summed E-state index contributed by atoms with van der Waals surface area (Å²) in [6, 6.07) is 46.4. The summed E-state index contributed by atoms with van der Waals surface area (Å²) in [5, 5.41) is 0. The van der Waals surface area contributed by atoms with Crippen LogP contribution >= 0.6 is 0 Å². The fourth-order valence-electron chi connectivity index (χ4n) is 12.9. The third-order valence-electron chi connectivity index (χ3n) is 18.4. The van der Waals surface area contributed by atoms with Crippen molar-refractivity contribution in [2.45, 2.75) is 132 Å². The zero-order valence-corrected chi connectivity index (χ0v) is 54.4. The molecule has 15 heteroatoms. The van der Waals surface area contributed by atoms with Gasteiger partial charge in [-0.1, -0.05) is 148 Å². The Morgan fingerprint density at radius 2 is 0.511 bits per heavy atom. The Hall–Kier alpha value is -7.50. The molecule has 6 atom stereocenters. The number of rotatable bonds is 15. The van der Waals surface area contributed by atoms with E-state index in [-0.39, 0.29) is 36.3 Å². The van der Waals surface area contributed by atoms with Crippen LogP contribution in [0.2, 0.25) is 0 Å². The molecule has 12 aliphatic heterocycles. The van der Waals surface area contributed by atoms with Crippen molar-refractivity contribution in [3.63, 3.8) is 0 Å². The Labute approximate surface area is 534 Å². The molecule has 90 heavy (non-hydrogen) atoms. The maximum Gasteiger partial charge on any atom is 0.174 e. The average molecular weight is 1220 g/mol. The Balaban J connectivity index is 1.000. The zero-order chi connectivity index (χ0) is 62.8. The number of methoxy groups -OCH3 is 6. The van der Waals surface area contributed by atoms with Gasteiger partial charge in [-0.15, -0.1) is 0 Å². The average Bonchev–Trinajstić information content (AvgIpc) is 2.01. The molecule has 0 N–H and O–H groups in total. The lowest BCUT2D eigenvalue weighted by atomic mass is 9.91. The molecule has 0 unspecified atom stereocenters. The number of nitrogens with zero attached hydrogens (tertiary/aromatic N) is 9. The molecule has 6 aromatic carbocycles. The van der Waals surface area contributed by atoms with Crippen LogP contribution in [0.1, 0.15) is 110 Å². The van der Waals surface area contributed by atoms with Gasteiger partial charge in [-0.25, -0.2) is 0 Å². The maximum atomic E-state index is 5.70. The number of likely N-dealkylation sites (N-methyl/N-ethyl adjacent to an activating group) is 3. The maximum absolute atomic E-state index is 5.70. The van der Waals surface area contributed by atoms with Gasteiger partial charge >= 0.3 is 0 Å². The first-order valence-electron chi connectivity index (χ1n) is 32.3. The minimum Gasteiger partial charge on any atom is -0.369 e. The van der Waals surface area contributed by atoms with Crippen LogP contribution in [0.5, 0.6) is 0 Å². The van der Waals surface area contributed by atoms with Crippen molar-refractivity contribution in [2.75, 3.05) is 98.1 Å². The second-order valence-corrected chi connectivity index (χ2v) is 24.5. The lowest BCUT2D eigenvalue weighted by Crippen LogP contribution is -2.32. The van der Waals surface area contributed by atoms with E-state index in [0.29, 0.717) is 19.6 Å². The smallest absolute Gasteiger partial charge is 0.174 e. The fraction of sp³-hybridized carbons (Fsp3) is 0.440. The van der Waals surface area contributed by atoms with E-state index in [1.165, 1.54) is 0 Å². The topological polar surface area (TPSA) is 139 Å². The van der Waals surface area contributed by atoms with E-state index in [1.54, 1.807) is 42.7 Å². The number of benzene rings is 6. The molecule has 3 fully saturated rings. The van der Waals surface area contributed by atoms with E-state index in [1.807, 2.05) is 18.6 Å². The summed E-state index contributed by atoms with van der Waals surface area (Å²) in [5.74, 6) is 0. The van der Waals surface area contributed by atoms with Crippen molar-refractivity contribution in [1.29, 1.82) is 0 Å². The molecule has 15 aliphatic rings. The summed E-state index contributed by atoms with van der Waals surface area (Å²) in [7, 11) is 16.3. The Morgan fingerprint density at radius 3 is 0.733 bits per heavy atom. The second kappa shape index (κ2) is 32.5. The first-order valence-corrected chi connectivity index (χ1v) is 32.3. The Bertz CT molecular complexity index is 3430. The highest BCUT2D eigenvalue weighted by Crippen LogP contribution is 2.34. The molecule has 12 bridgehead atoms. The van der Waals surface area contributed by atoms with Crippen LogP contribution in [0, 0.1) is 0 Å². The normalized spacial score (nSPS) is 20.4. The van der Waals surface area contributed by atoms with Crippen molar-refractivity contribution < 1.29 is 28.4 Å². The van der Waals surface area contributed by atoms with E-state index in [0.717, 1.165) is 161 Å². The summed E-state index contributed by atoms with van der Waals surface area (Å²) in [6.45, 7) is 1.60. The van der Waals surface area contributed by atoms with Crippen LogP contribution in [-0.4, -0.2) is 176 Å². The molecule has 21 rings (SSSR count). The molecule has 0 aromatic heterocycles. The van der Waals surface area contributed by atoms with E-state index < -0.39 is 18.9 Å². The van der Waals surface area contributed by atoms with Crippen molar-refractivity contribution in [3.8, 4) is 33.4 Å². The molecule has 0 amide bonds. The number of aliphatic imine (C=N–C) groups is 6. The molecular weight excluding hydrogens is 1120 g/mol. The molecule has 0 spiro atoms. The highest BCUT2D eigenvalue weighted by Gasteiger charge is 2.27. The summed E-state index contributed by atoms with van der Waals surface area (Å²) in [5.41, 5.74) is 16.0. The number of hydrogen-bond donors (Lipinski definition) is 0. The highest BCUT2D eigenvalue weighted by molar-refractivity contribution is 5.93. The van der Waals surface area contributed by atoms with Crippen molar-refractivity contribution >= 4 is 54.3 Å². The Kier molecular flexibility index (Phi) is 23.6. The summed E-state index contributed by atoms with van der Waals surface area (Å²) in [6.07, 6.45) is 23.7. The summed E-state index contributed by atoms with van der Waals surface area (Å²) < 4.78 is 34.2. The minimum atomic E-state index is -0.412. The molecular formula is C75H93N9O6. The minimum absolute atomic E-state index is 0.0181. The molecule has 474 valence electrons. The predicted molar refractivity (Wildman–Crippen MR) is 373 cm³/mol. The first kappa shape index (κ1) is 65.5. The summed E-state index contributed by atoms with van der Waals surface area (Å²) in [4.78, 5) is 38.3. The second-order valence-electron chi connectivity index (χ2n) is 24.5. The van der Waals surface area contributed by atoms with Crippen molar-refractivity contribution in [2.24, 2.45) is 30.0 Å². The quantitative estimate of drug-likeness (QED) is 0.0919. The molecule has 12 heterocycles. The lowest BCUT2D eigenvalue weighted by Gasteiger charge is -2.28. The van der Waals surface area contributed by atoms with Crippen molar-refractivity contribution in [1.82, 2.24) is 0 Å². The van der Waals surface area contributed by atoms with Gasteiger partial charge in [0.05, 0.1) is 55.9 Å². The first-order chi connectivity index (χ1) is 44.0. The van der Waals surface area contributed by atoms with Gasteiger partial charge in [-0.3, -0.25) is 30.0 Å². The van der Waals surface area contributed by atoms with Gasteiger partial charge in [0.15, 0.2) is 18.9 Å². The fourth-order valence-corrected chi connectivity index (χ4v) is 12.9. The standard InChI is InChI=1S/C75H93N9O6/c1-82(49-73(85-4)86-5)70-40-58-34-37-61(70)46-79-67-19-13-12-18-66(67)78-45-54-26-32-57(33-27-54)60-36-39-63(72(42-60)84(3)51-75(89-8)90-9)48-81-69-21-15-14-20-68(69)80-47-62-38-35-59(41-71(62)83(2)50-74(87-6)88-7)56-30-24-53(25-31-56)44-77-65-17-11-10-16-64(65)76-43-52-22-28-55(58)29-23-52/h22-48,64-69,73-75H,10-21,49-51H2,1-9H3/t64-,65-,66-,67-,68-,69-/m1/s1. The van der Waals surface area contributed by atoms with Gasteiger partial charge in [0.2, 0.25) is 0 Å². The molecule has 0 radical (unpaired) electrons. The molecule has 3 aliphatic carbocycles. The van der Waals surface area contributed by atoms with Crippen LogP contribution in [0.25, 0.3) is 33.4 Å². The van der Waals surface area contributed by atoms with E-state index in [4.69, 9.17) is 58.4 Å². The van der Waals surface area contributed by atoms with Crippen LogP contribution in [0.15, 0.2) is 157 Å². The van der Waals surface area contributed by atoms with Gasteiger partial charge in [0.1, 0.15) is 0 Å². The largest absolute Gasteiger partial charge is 0.369 e. The zero-order valence-electron chi connectivity index (χ0n) is 54.4. The third kappa shape index (κ3) is 17.1. The summed E-state index contributed by atoms with van der Waals surface area (Å²) >= 11 is 0. The van der Waals surface area contributed by atoms with Gasteiger partial charge in [0, 0.05) is 135 Å². The van der Waals surface area contributed by atoms with Crippen molar-refractivity contribution in [3.05, 3.63) is 161 Å². The number of ether oxygens (including phenoxy) is 6. The van der Waals surface area contributed by atoms with E-state index in [2.05, 4.69) is 182 Å². The third-order valence-corrected chi connectivity index (χ3v) is 18.4. The van der Waals surface area contributed by atoms with Crippen LogP contribution in [0.4, 0.5) is 17.1 Å². The van der Waals surface area contributed by atoms with Gasteiger partial charge in [-0.05, 0) is 107 Å². The van der Waals surface area contributed by atoms with Gasteiger partial charge in [-0.2, -0.15) is 0 Å². The van der Waals surface area contributed by atoms with E-state index >= 15 is 0 Å². The van der Waals surface area contributed by atoms with Crippen LogP contribution in [0.3, 0.4) is 0 Å². The predicted octanol–water partition coefficient (Wildman–Crippen LogP) is 13.7. The van der Waals surface area contributed by atoms with Gasteiger partial charge < -0.3 is 43.1 Å². The van der Waals surface area contributed by atoms with Gasteiger partial charge in [0.25, 0.3) is 0 Å². The molecule has 6 aromatic rings. The van der Waals surface area contributed by atoms with E-state index in [9.17, 15) is 0 Å². The SMILES string of the molecule is COC(CN(C)c1cc2ccc1C=N[C@@H]1CCCC[C@H]1N=Cc1ccc(cc1)-c1ccc(c(N(C)CC(OC)OC)c1)C=N[C@@H]1CCCC[C@H]1N=Cc1ccc(cc1N(C)CC(OC)OC)-c1ccc(cc1)C=N[C@@H]1CCCC[C@H]1N=Cc1ccc-2cc1)OC. The van der Waals surface area contributed by atoms with Crippen LogP contribution in [-0.2, 0) is 28.4 Å². The number of hydrogen-bond acceptors (Lipinski definition) is 15. The monoisotopic (exact) mass is 1220 g/mol. The molecule has 3 saturated carbocycles. The molecule has 15 nitrogen and oxygen atoms in total.